The molecular formula is C9H15NO2. The zero-order valence-corrected chi connectivity index (χ0v) is 7.97. The van der Waals surface area contributed by atoms with Crippen molar-refractivity contribution < 1.29 is 9.63 Å². The van der Waals surface area contributed by atoms with E-state index in [2.05, 4.69) is 26.3 Å². The lowest BCUT2D eigenvalue weighted by Gasteiger charge is -2.19. The van der Waals surface area contributed by atoms with Crippen LogP contribution in [0.15, 0.2) is 11.8 Å². The Morgan fingerprint density at radius 2 is 2.17 bits per heavy atom. The third-order valence-corrected chi connectivity index (χ3v) is 1.85. The van der Waals surface area contributed by atoms with Gasteiger partial charge in [0.25, 0.3) is 0 Å². The molecule has 1 atom stereocenters. The second kappa shape index (κ2) is 2.59. The summed E-state index contributed by atoms with van der Waals surface area (Å²) >= 11 is 0. The maximum Gasteiger partial charge on any atom is 0.168 e. The molecule has 0 aromatic carbocycles. The van der Waals surface area contributed by atoms with Gasteiger partial charge in [0, 0.05) is 11.1 Å². The number of hydroxylamine groups is 1. The Morgan fingerprint density at radius 3 is 2.42 bits per heavy atom. The molecule has 1 aliphatic heterocycles. The maximum absolute atomic E-state index is 10.6. The van der Waals surface area contributed by atoms with Crippen LogP contribution in [-0.2, 0) is 9.63 Å². The Labute approximate surface area is 72.7 Å². The van der Waals surface area contributed by atoms with Gasteiger partial charge in [-0.3, -0.25) is 15.1 Å². The van der Waals surface area contributed by atoms with E-state index >= 15 is 0 Å². The van der Waals surface area contributed by atoms with Crippen LogP contribution in [-0.4, -0.2) is 11.9 Å². The number of aldehydes is 1. The van der Waals surface area contributed by atoms with Crippen LogP contribution in [0.1, 0.15) is 27.7 Å². The summed E-state index contributed by atoms with van der Waals surface area (Å²) < 4.78 is 0. The topological polar surface area (TPSA) is 38.3 Å². The summed E-state index contributed by atoms with van der Waals surface area (Å²) in [5.41, 5.74) is 2.94. The molecule has 0 radical (unpaired) electrons. The first-order valence-corrected chi connectivity index (χ1v) is 4.01. The minimum absolute atomic E-state index is 0.000764. The summed E-state index contributed by atoms with van der Waals surface area (Å²) in [7, 11) is 0. The molecule has 0 amide bonds. The van der Waals surface area contributed by atoms with Crippen molar-refractivity contribution in [3.8, 4) is 0 Å². The molecule has 0 aliphatic carbocycles. The van der Waals surface area contributed by atoms with Crippen molar-refractivity contribution in [3.05, 3.63) is 11.8 Å². The normalized spacial score (nSPS) is 29.5. The second-order valence-corrected chi connectivity index (χ2v) is 4.31. The monoisotopic (exact) mass is 169 g/mol. The Kier molecular flexibility index (Phi) is 2.00. The Bertz CT molecular complexity index is 227. The summed E-state index contributed by atoms with van der Waals surface area (Å²) in [5, 5.41) is 0. The van der Waals surface area contributed by atoms with Gasteiger partial charge in [0.2, 0.25) is 0 Å². The van der Waals surface area contributed by atoms with Crippen molar-refractivity contribution in [2.24, 2.45) is 5.41 Å². The van der Waals surface area contributed by atoms with Crippen LogP contribution in [0.5, 0.6) is 0 Å². The maximum atomic E-state index is 10.6. The summed E-state index contributed by atoms with van der Waals surface area (Å²) in [6.07, 6.45) is 2.61. The highest BCUT2D eigenvalue weighted by molar-refractivity contribution is 5.66. The minimum atomic E-state index is -0.789. The fourth-order valence-corrected chi connectivity index (χ4v) is 0.938. The molecule has 0 fully saturated rings. The first-order valence-electron chi connectivity index (χ1n) is 4.01. The van der Waals surface area contributed by atoms with E-state index in [0.29, 0.717) is 0 Å². The second-order valence-electron chi connectivity index (χ2n) is 4.31. The van der Waals surface area contributed by atoms with Gasteiger partial charge in [-0.05, 0) is 13.0 Å². The van der Waals surface area contributed by atoms with Gasteiger partial charge >= 0.3 is 0 Å². The van der Waals surface area contributed by atoms with Gasteiger partial charge in [0.15, 0.2) is 11.9 Å². The number of hydrogen-bond donors (Lipinski definition) is 1. The van der Waals surface area contributed by atoms with Gasteiger partial charge in [-0.2, -0.15) is 0 Å². The molecule has 0 spiro atoms. The van der Waals surface area contributed by atoms with E-state index in [-0.39, 0.29) is 5.41 Å². The van der Waals surface area contributed by atoms with Gasteiger partial charge in [0.05, 0.1) is 0 Å². The molecule has 68 valence electrons. The average molecular weight is 169 g/mol. The highest BCUT2D eigenvalue weighted by atomic mass is 16.7. The lowest BCUT2D eigenvalue weighted by molar-refractivity contribution is -0.126. The fourth-order valence-electron chi connectivity index (χ4n) is 0.938. The minimum Gasteiger partial charge on any atom is -0.300 e. The SMILES string of the molecule is CC1(C=O)C=C(C(C)(C)C)NO1. The quantitative estimate of drug-likeness (QED) is 0.603. The largest absolute Gasteiger partial charge is 0.300 e. The van der Waals surface area contributed by atoms with Gasteiger partial charge < -0.3 is 0 Å². The van der Waals surface area contributed by atoms with Crippen LogP contribution in [0.3, 0.4) is 0 Å². The van der Waals surface area contributed by atoms with E-state index < -0.39 is 5.60 Å². The smallest absolute Gasteiger partial charge is 0.168 e. The van der Waals surface area contributed by atoms with Crippen molar-refractivity contribution in [1.82, 2.24) is 5.48 Å². The molecule has 1 N–H and O–H groups in total. The van der Waals surface area contributed by atoms with E-state index in [1.165, 1.54) is 0 Å². The van der Waals surface area contributed by atoms with Crippen molar-refractivity contribution in [1.29, 1.82) is 0 Å². The van der Waals surface area contributed by atoms with Crippen molar-refractivity contribution >= 4 is 6.29 Å². The molecule has 1 rings (SSSR count). The Morgan fingerprint density at radius 1 is 1.58 bits per heavy atom. The molecule has 0 saturated carbocycles. The molecule has 0 bridgehead atoms. The van der Waals surface area contributed by atoms with Gasteiger partial charge in [-0.25, -0.2) is 0 Å². The highest BCUT2D eigenvalue weighted by Crippen LogP contribution is 2.29. The summed E-state index contributed by atoms with van der Waals surface area (Å²) in [6, 6.07) is 0. The van der Waals surface area contributed by atoms with Crippen molar-refractivity contribution in [2.75, 3.05) is 0 Å². The third kappa shape index (κ3) is 1.67. The molecule has 3 nitrogen and oxygen atoms in total. The van der Waals surface area contributed by atoms with Crippen molar-refractivity contribution in [3.63, 3.8) is 0 Å². The molecule has 12 heavy (non-hydrogen) atoms. The third-order valence-electron chi connectivity index (χ3n) is 1.85. The first kappa shape index (κ1) is 9.26. The standard InChI is InChI=1S/C9H15NO2/c1-8(2,3)7-5-9(4,6-11)12-10-7/h5-6,10H,1-4H3. The zero-order chi connectivity index (χ0) is 9.41. The number of carbonyl (C=O) groups excluding carboxylic acids is 1. The van der Waals surface area contributed by atoms with Crippen LogP contribution in [0, 0.1) is 5.41 Å². The molecule has 0 aromatic heterocycles. The summed E-state index contributed by atoms with van der Waals surface area (Å²) in [4.78, 5) is 15.7. The average Bonchev–Trinajstić information content (AvgIpc) is 2.32. The van der Waals surface area contributed by atoms with Crippen molar-refractivity contribution in [2.45, 2.75) is 33.3 Å². The molecule has 0 saturated heterocycles. The molecule has 1 heterocycles. The Hall–Kier alpha value is -0.830. The molecule has 1 unspecified atom stereocenters. The molecule has 1 aliphatic rings. The van der Waals surface area contributed by atoms with Crippen LogP contribution in [0.25, 0.3) is 0 Å². The number of nitrogens with one attached hydrogen (secondary N) is 1. The lowest BCUT2D eigenvalue weighted by Crippen LogP contribution is -2.27. The van der Waals surface area contributed by atoms with E-state index in [9.17, 15) is 4.79 Å². The van der Waals surface area contributed by atoms with Gasteiger partial charge in [-0.15, -0.1) is 0 Å². The number of allylic oxidation sites excluding steroid dienone is 1. The van der Waals surface area contributed by atoms with E-state index in [1.807, 2.05) is 6.08 Å². The summed E-state index contributed by atoms with van der Waals surface area (Å²) in [6.45, 7) is 7.91. The highest BCUT2D eigenvalue weighted by Gasteiger charge is 2.33. The molecule has 3 heteroatoms. The van der Waals surface area contributed by atoms with Gasteiger partial charge in [0.1, 0.15) is 0 Å². The number of carbonyl (C=O) groups is 1. The zero-order valence-electron chi connectivity index (χ0n) is 7.97. The van der Waals surface area contributed by atoms with Crippen LogP contribution < -0.4 is 5.48 Å². The first-order chi connectivity index (χ1) is 5.37. The van der Waals surface area contributed by atoms with Crippen LogP contribution >= 0.6 is 0 Å². The van der Waals surface area contributed by atoms with Crippen LogP contribution in [0.2, 0.25) is 0 Å². The predicted octanol–water partition coefficient (Wildman–Crippen LogP) is 1.41. The number of hydrogen-bond acceptors (Lipinski definition) is 3. The van der Waals surface area contributed by atoms with Gasteiger partial charge in [-0.1, -0.05) is 20.8 Å². The van der Waals surface area contributed by atoms with Crippen LogP contribution in [0.4, 0.5) is 0 Å². The summed E-state index contributed by atoms with van der Waals surface area (Å²) in [5.74, 6) is 0. The van der Waals surface area contributed by atoms with E-state index in [4.69, 9.17) is 4.84 Å². The number of rotatable bonds is 1. The van der Waals surface area contributed by atoms with E-state index in [1.54, 1.807) is 6.92 Å². The van der Waals surface area contributed by atoms with E-state index in [0.717, 1.165) is 12.0 Å². The Balaban J connectivity index is 2.86. The lowest BCUT2D eigenvalue weighted by atomic mass is 9.90. The fraction of sp³-hybridized carbons (Fsp3) is 0.667. The molecule has 0 aromatic rings. The molecular weight excluding hydrogens is 154 g/mol. The predicted molar refractivity (Wildman–Crippen MR) is 46.2 cm³/mol.